The number of alkyl halides is 1. The van der Waals surface area contributed by atoms with E-state index in [-0.39, 0.29) is 17.9 Å². The monoisotopic (exact) mass is 309 g/mol. The van der Waals surface area contributed by atoms with Crippen molar-refractivity contribution in [3.8, 4) is 0 Å². The number of hydrogen-bond acceptors (Lipinski definition) is 1. The Hall–Kier alpha value is -0.830. The van der Waals surface area contributed by atoms with Gasteiger partial charge in [0.2, 0.25) is 5.91 Å². The smallest absolute Gasteiger partial charge is 0.223 e. The Labute approximate surface area is 117 Å². The summed E-state index contributed by atoms with van der Waals surface area (Å²) in [6.45, 7) is 4.17. The van der Waals surface area contributed by atoms with E-state index in [4.69, 9.17) is 0 Å². The molecule has 1 aliphatic rings. The number of fused-ring (bicyclic) bond motifs is 1. The third-order valence-electron chi connectivity index (χ3n) is 3.49. The van der Waals surface area contributed by atoms with Crippen LogP contribution in [0.3, 0.4) is 0 Å². The summed E-state index contributed by atoms with van der Waals surface area (Å²) in [5.74, 6) is 0.322. The molecule has 0 saturated carbocycles. The van der Waals surface area contributed by atoms with Gasteiger partial charge in [-0.15, -0.1) is 0 Å². The van der Waals surface area contributed by atoms with E-state index < -0.39 is 0 Å². The molecule has 0 radical (unpaired) electrons. The van der Waals surface area contributed by atoms with Gasteiger partial charge in [0.15, 0.2) is 0 Å². The predicted octanol–water partition coefficient (Wildman–Crippen LogP) is 3.08. The first kappa shape index (κ1) is 13.6. The minimum atomic E-state index is 0.121. The Morgan fingerprint density at radius 1 is 1.33 bits per heavy atom. The first-order valence-electron chi connectivity index (χ1n) is 6.57. The van der Waals surface area contributed by atoms with Crippen molar-refractivity contribution in [1.29, 1.82) is 0 Å². The minimum Gasteiger partial charge on any atom is -0.353 e. The summed E-state index contributed by atoms with van der Waals surface area (Å²) >= 11 is 3.52. The second-order valence-electron chi connectivity index (χ2n) is 5.30. The maximum atomic E-state index is 12.2. The van der Waals surface area contributed by atoms with Crippen LogP contribution in [0.4, 0.5) is 0 Å². The Morgan fingerprint density at radius 2 is 1.89 bits per heavy atom. The third-order valence-corrected chi connectivity index (χ3v) is 3.86. The molecule has 1 aromatic carbocycles. The summed E-state index contributed by atoms with van der Waals surface area (Å²) in [7, 11) is 0. The fourth-order valence-corrected chi connectivity index (χ4v) is 3.21. The van der Waals surface area contributed by atoms with E-state index in [0.29, 0.717) is 4.83 Å². The molecular weight excluding hydrogens is 290 g/mol. The van der Waals surface area contributed by atoms with Gasteiger partial charge in [-0.25, -0.2) is 0 Å². The lowest BCUT2D eigenvalue weighted by atomic mass is 10.0. The molecule has 18 heavy (non-hydrogen) atoms. The maximum absolute atomic E-state index is 12.2. The molecule has 2 rings (SSSR count). The number of rotatable bonds is 4. The Bertz CT molecular complexity index is 405. The van der Waals surface area contributed by atoms with Gasteiger partial charge in [-0.3, -0.25) is 4.79 Å². The molecule has 0 bridgehead atoms. The minimum absolute atomic E-state index is 0.121. The zero-order valence-corrected chi connectivity index (χ0v) is 12.5. The molecule has 2 unspecified atom stereocenters. The molecule has 0 spiro atoms. The van der Waals surface area contributed by atoms with Crippen LogP contribution in [0.1, 0.15) is 31.4 Å². The summed E-state index contributed by atoms with van der Waals surface area (Å²) < 4.78 is 0. The summed E-state index contributed by atoms with van der Waals surface area (Å²) in [4.78, 5) is 12.6. The van der Waals surface area contributed by atoms with Gasteiger partial charge < -0.3 is 5.32 Å². The van der Waals surface area contributed by atoms with E-state index in [1.165, 1.54) is 11.1 Å². The number of hydrogen-bond donors (Lipinski definition) is 1. The van der Waals surface area contributed by atoms with Crippen LogP contribution in [-0.4, -0.2) is 16.8 Å². The van der Waals surface area contributed by atoms with Crippen LogP contribution >= 0.6 is 15.9 Å². The van der Waals surface area contributed by atoms with Gasteiger partial charge in [0.05, 0.1) is 0 Å². The van der Waals surface area contributed by atoms with Gasteiger partial charge in [-0.1, -0.05) is 47.1 Å². The van der Waals surface area contributed by atoms with E-state index in [1.54, 1.807) is 0 Å². The number of carbonyl (C=O) groups is 1. The van der Waals surface area contributed by atoms with Gasteiger partial charge in [0.1, 0.15) is 0 Å². The van der Waals surface area contributed by atoms with Crippen molar-refractivity contribution in [2.24, 2.45) is 5.92 Å². The summed E-state index contributed by atoms with van der Waals surface area (Å²) in [5, 5.41) is 3.12. The van der Waals surface area contributed by atoms with Crippen LogP contribution < -0.4 is 5.32 Å². The summed E-state index contributed by atoms with van der Waals surface area (Å²) in [5.41, 5.74) is 2.67. The highest BCUT2D eigenvalue weighted by Crippen LogP contribution is 2.26. The zero-order valence-electron chi connectivity index (χ0n) is 10.9. The predicted molar refractivity (Wildman–Crippen MR) is 78.0 cm³/mol. The molecule has 2 nitrogen and oxygen atoms in total. The second kappa shape index (κ2) is 5.87. The normalized spacial score (nSPS) is 18.2. The lowest BCUT2D eigenvalue weighted by Crippen LogP contribution is -2.38. The molecule has 2 atom stereocenters. The van der Waals surface area contributed by atoms with E-state index in [0.717, 1.165) is 19.3 Å². The first-order chi connectivity index (χ1) is 8.56. The number of nitrogens with one attached hydrogen (secondary N) is 1. The summed E-state index contributed by atoms with van der Waals surface area (Å²) in [6, 6.07) is 8.59. The molecule has 1 aliphatic carbocycles. The average molecular weight is 310 g/mol. The van der Waals surface area contributed by atoms with Crippen molar-refractivity contribution in [3.63, 3.8) is 0 Å². The SMILES string of the molecule is CC(Br)CC(C)NC(=O)C1Cc2ccccc2C1. The van der Waals surface area contributed by atoms with Crippen molar-refractivity contribution in [2.45, 2.75) is 44.0 Å². The first-order valence-corrected chi connectivity index (χ1v) is 7.49. The highest BCUT2D eigenvalue weighted by atomic mass is 79.9. The van der Waals surface area contributed by atoms with Crippen LogP contribution in [0, 0.1) is 5.92 Å². The zero-order chi connectivity index (χ0) is 13.1. The highest BCUT2D eigenvalue weighted by Gasteiger charge is 2.27. The molecule has 1 N–H and O–H groups in total. The summed E-state index contributed by atoms with van der Waals surface area (Å²) in [6.07, 6.45) is 2.74. The third kappa shape index (κ3) is 3.35. The molecule has 1 aromatic rings. The number of carbonyl (C=O) groups excluding carboxylic acids is 1. The molecule has 0 aliphatic heterocycles. The van der Waals surface area contributed by atoms with Crippen molar-refractivity contribution >= 4 is 21.8 Å². The lowest BCUT2D eigenvalue weighted by molar-refractivity contribution is -0.125. The maximum Gasteiger partial charge on any atom is 0.223 e. The second-order valence-corrected chi connectivity index (χ2v) is 6.86. The van der Waals surface area contributed by atoms with E-state index in [9.17, 15) is 4.79 Å². The van der Waals surface area contributed by atoms with Gasteiger partial charge in [-0.2, -0.15) is 0 Å². The van der Waals surface area contributed by atoms with Crippen molar-refractivity contribution in [2.75, 3.05) is 0 Å². The van der Waals surface area contributed by atoms with E-state index >= 15 is 0 Å². The molecule has 0 fully saturated rings. The van der Waals surface area contributed by atoms with Gasteiger partial charge in [0, 0.05) is 16.8 Å². The molecule has 98 valence electrons. The van der Waals surface area contributed by atoms with Crippen LogP contribution in [-0.2, 0) is 17.6 Å². The molecule has 3 heteroatoms. The van der Waals surface area contributed by atoms with Crippen LogP contribution in [0.2, 0.25) is 0 Å². The standard InChI is InChI=1S/C15H20BrNO/c1-10(16)7-11(2)17-15(18)14-8-12-5-3-4-6-13(12)9-14/h3-6,10-11,14H,7-9H2,1-2H3,(H,17,18). The number of halogens is 1. The molecule has 0 aromatic heterocycles. The van der Waals surface area contributed by atoms with Crippen molar-refractivity contribution < 1.29 is 4.79 Å². The van der Waals surface area contributed by atoms with E-state index in [1.807, 2.05) is 12.1 Å². The van der Waals surface area contributed by atoms with Crippen LogP contribution in [0.15, 0.2) is 24.3 Å². The van der Waals surface area contributed by atoms with Gasteiger partial charge in [-0.05, 0) is 37.3 Å². The highest BCUT2D eigenvalue weighted by molar-refractivity contribution is 9.09. The topological polar surface area (TPSA) is 29.1 Å². The van der Waals surface area contributed by atoms with E-state index in [2.05, 4.69) is 47.2 Å². The molecule has 0 saturated heterocycles. The molecular formula is C15H20BrNO. The van der Waals surface area contributed by atoms with Crippen molar-refractivity contribution in [3.05, 3.63) is 35.4 Å². The van der Waals surface area contributed by atoms with Crippen LogP contribution in [0.5, 0.6) is 0 Å². The Balaban J connectivity index is 1.89. The van der Waals surface area contributed by atoms with Crippen molar-refractivity contribution in [1.82, 2.24) is 5.32 Å². The van der Waals surface area contributed by atoms with Crippen LogP contribution in [0.25, 0.3) is 0 Å². The molecule has 1 amide bonds. The van der Waals surface area contributed by atoms with Gasteiger partial charge in [0.25, 0.3) is 0 Å². The Morgan fingerprint density at radius 3 is 2.39 bits per heavy atom. The molecule has 0 heterocycles. The Kier molecular flexibility index (Phi) is 4.44. The number of benzene rings is 1. The fraction of sp³-hybridized carbons (Fsp3) is 0.533. The lowest BCUT2D eigenvalue weighted by Gasteiger charge is -2.18. The number of amides is 1. The average Bonchev–Trinajstić information content (AvgIpc) is 2.71. The fourth-order valence-electron chi connectivity index (χ4n) is 2.65. The quantitative estimate of drug-likeness (QED) is 0.851. The largest absolute Gasteiger partial charge is 0.353 e. The van der Waals surface area contributed by atoms with Gasteiger partial charge >= 0.3 is 0 Å².